The molecule has 382 valence electrons. The first-order valence-corrected chi connectivity index (χ1v) is 28.8. The maximum absolute atomic E-state index is 12.8. The minimum Gasteiger partial charge on any atom is -0.462 e. The fourth-order valence-electron chi connectivity index (χ4n) is 8.58. The third-order valence-electron chi connectivity index (χ3n) is 13.0. The van der Waals surface area contributed by atoms with Gasteiger partial charge in [-0.05, 0) is 44.9 Å². The van der Waals surface area contributed by atoms with Crippen LogP contribution in [0.1, 0.15) is 316 Å². The molecule has 0 heterocycles. The second-order valence-corrected chi connectivity index (χ2v) is 19.6. The number of carbonyl (C=O) groups is 3. The summed E-state index contributed by atoms with van der Waals surface area (Å²) < 4.78 is 16.9. The third-order valence-corrected chi connectivity index (χ3v) is 13.0. The Balaban J connectivity index is 4.33. The van der Waals surface area contributed by atoms with Crippen LogP contribution in [0.15, 0.2) is 24.3 Å². The average molecular weight is 916 g/mol. The fourth-order valence-corrected chi connectivity index (χ4v) is 8.58. The number of carbonyl (C=O) groups excluding carboxylic acids is 3. The number of hydrogen-bond donors (Lipinski definition) is 0. The van der Waals surface area contributed by atoms with Gasteiger partial charge in [-0.15, -0.1) is 0 Å². The molecule has 0 rings (SSSR count). The Morgan fingerprint density at radius 1 is 0.308 bits per heavy atom. The molecule has 0 saturated carbocycles. The molecule has 0 N–H and O–H groups in total. The van der Waals surface area contributed by atoms with E-state index in [2.05, 4.69) is 45.1 Å². The number of rotatable bonds is 53. The van der Waals surface area contributed by atoms with E-state index in [0.717, 1.165) is 77.0 Å². The molecular formula is C59H110O6. The Morgan fingerprint density at radius 2 is 0.569 bits per heavy atom. The van der Waals surface area contributed by atoms with Gasteiger partial charge in [0.05, 0.1) is 0 Å². The summed E-state index contributed by atoms with van der Waals surface area (Å²) in [6, 6.07) is 0. The van der Waals surface area contributed by atoms with Crippen LogP contribution in [0.5, 0.6) is 0 Å². The summed E-state index contributed by atoms with van der Waals surface area (Å²) in [6.45, 7) is 6.64. The molecule has 0 aliphatic rings. The first kappa shape index (κ1) is 62.9. The van der Waals surface area contributed by atoms with E-state index in [0.29, 0.717) is 19.3 Å². The van der Waals surface area contributed by atoms with E-state index < -0.39 is 6.10 Å². The third kappa shape index (κ3) is 52.7. The van der Waals surface area contributed by atoms with Gasteiger partial charge in [0.25, 0.3) is 0 Å². The van der Waals surface area contributed by atoms with Crippen molar-refractivity contribution in [1.82, 2.24) is 0 Å². The number of allylic oxidation sites excluding steroid dienone is 4. The van der Waals surface area contributed by atoms with Crippen LogP contribution in [0.2, 0.25) is 0 Å². The smallest absolute Gasteiger partial charge is 0.306 e. The van der Waals surface area contributed by atoms with Gasteiger partial charge in [0.2, 0.25) is 0 Å². The van der Waals surface area contributed by atoms with E-state index in [-0.39, 0.29) is 31.1 Å². The molecule has 65 heavy (non-hydrogen) atoms. The predicted molar refractivity (Wildman–Crippen MR) is 279 cm³/mol. The van der Waals surface area contributed by atoms with Crippen LogP contribution in [-0.4, -0.2) is 37.2 Å². The summed E-state index contributed by atoms with van der Waals surface area (Å²) in [5, 5.41) is 0. The molecule has 6 heteroatoms. The summed E-state index contributed by atoms with van der Waals surface area (Å²) in [5.41, 5.74) is 0. The monoisotopic (exact) mass is 915 g/mol. The summed E-state index contributed by atoms with van der Waals surface area (Å²) >= 11 is 0. The van der Waals surface area contributed by atoms with Gasteiger partial charge in [-0.2, -0.15) is 0 Å². The molecular weight excluding hydrogens is 805 g/mol. The topological polar surface area (TPSA) is 78.9 Å². The van der Waals surface area contributed by atoms with Crippen LogP contribution < -0.4 is 0 Å². The van der Waals surface area contributed by atoms with Gasteiger partial charge in [0.15, 0.2) is 6.10 Å². The quantitative estimate of drug-likeness (QED) is 0.0262. The van der Waals surface area contributed by atoms with Crippen molar-refractivity contribution < 1.29 is 28.6 Å². The van der Waals surface area contributed by atoms with Crippen LogP contribution in [0.3, 0.4) is 0 Å². The molecule has 0 spiro atoms. The van der Waals surface area contributed by atoms with Crippen LogP contribution in [-0.2, 0) is 28.6 Å². The Kier molecular flexibility index (Phi) is 52.7. The Morgan fingerprint density at radius 3 is 0.892 bits per heavy atom. The van der Waals surface area contributed by atoms with Crippen LogP contribution in [0, 0.1) is 0 Å². The summed E-state index contributed by atoms with van der Waals surface area (Å²) in [5.74, 6) is -0.863. The summed E-state index contributed by atoms with van der Waals surface area (Å²) in [4.78, 5) is 38.1. The lowest BCUT2D eigenvalue weighted by Crippen LogP contribution is -2.30. The second-order valence-electron chi connectivity index (χ2n) is 19.6. The van der Waals surface area contributed by atoms with Crippen molar-refractivity contribution >= 4 is 17.9 Å². The van der Waals surface area contributed by atoms with Crippen LogP contribution in [0.4, 0.5) is 0 Å². The van der Waals surface area contributed by atoms with Crippen LogP contribution >= 0.6 is 0 Å². The predicted octanol–water partition coefficient (Wildman–Crippen LogP) is 19.1. The highest BCUT2D eigenvalue weighted by molar-refractivity contribution is 5.71. The highest BCUT2D eigenvalue weighted by atomic mass is 16.6. The van der Waals surface area contributed by atoms with Gasteiger partial charge in [0, 0.05) is 19.3 Å². The Hall–Kier alpha value is -2.11. The van der Waals surface area contributed by atoms with Gasteiger partial charge in [-0.25, -0.2) is 0 Å². The van der Waals surface area contributed by atoms with Crippen molar-refractivity contribution in [3.05, 3.63) is 24.3 Å². The first-order valence-electron chi connectivity index (χ1n) is 28.8. The standard InChI is InChI=1S/C59H110O6/c1-4-7-10-13-16-19-22-25-28-30-32-34-37-40-43-46-49-52-58(61)64-55-56(54-63-57(60)51-48-45-42-39-36-33-27-24-21-18-15-12-9-6-3)65-59(62)53-50-47-44-41-38-35-31-29-26-23-20-17-14-11-8-5-2/h15,18,24,27,56H,4-14,16-17,19-23,25-26,28-55H2,1-3H3/b18-15+,27-24+/t56-/m1/s1. The molecule has 1 atom stereocenters. The van der Waals surface area contributed by atoms with Crippen molar-refractivity contribution in [2.75, 3.05) is 13.2 Å². The van der Waals surface area contributed by atoms with Gasteiger partial charge in [0.1, 0.15) is 13.2 Å². The molecule has 0 aliphatic carbocycles. The Bertz CT molecular complexity index is 1050. The maximum atomic E-state index is 12.8. The number of esters is 3. The molecule has 0 saturated heterocycles. The van der Waals surface area contributed by atoms with Crippen molar-refractivity contribution in [1.29, 1.82) is 0 Å². The Labute approximate surface area is 404 Å². The van der Waals surface area contributed by atoms with Crippen molar-refractivity contribution in [2.24, 2.45) is 0 Å². The van der Waals surface area contributed by atoms with Crippen molar-refractivity contribution in [2.45, 2.75) is 322 Å². The van der Waals surface area contributed by atoms with Gasteiger partial charge < -0.3 is 14.2 Å². The first-order chi connectivity index (χ1) is 32.0. The molecule has 0 unspecified atom stereocenters. The van der Waals surface area contributed by atoms with E-state index in [4.69, 9.17) is 14.2 Å². The highest BCUT2D eigenvalue weighted by Gasteiger charge is 2.19. The maximum Gasteiger partial charge on any atom is 0.306 e. The molecule has 0 aliphatic heterocycles. The van der Waals surface area contributed by atoms with E-state index in [1.165, 1.54) is 199 Å². The molecule has 0 aromatic carbocycles. The average Bonchev–Trinajstić information content (AvgIpc) is 3.30. The molecule has 0 fully saturated rings. The molecule has 0 aromatic heterocycles. The molecule has 0 amide bonds. The van der Waals surface area contributed by atoms with E-state index in [9.17, 15) is 14.4 Å². The number of hydrogen-bond acceptors (Lipinski definition) is 6. The van der Waals surface area contributed by atoms with Gasteiger partial charge in [-0.1, -0.05) is 276 Å². The largest absolute Gasteiger partial charge is 0.462 e. The number of ether oxygens (including phenoxy) is 3. The zero-order valence-electron chi connectivity index (χ0n) is 43.8. The molecule has 0 bridgehead atoms. The van der Waals surface area contributed by atoms with Gasteiger partial charge >= 0.3 is 17.9 Å². The SMILES string of the molecule is CCCC/C=C/C/C=C/CCCCCCCC(=O)OC[C@H](COC(=O)CCCCCCCCCCCCCCCCCCC)OC(=O)CCCCCCCCCCCCCCCCCC. The van der Waals surface area contributed by atoms with E-state index >= 15 is 0 Å². The van der Waals surface area contributed by atoms with E-state index in [1.807, 2.05) is 0 Å². The normalized spacial score (nSPS) is 12.1. The summed E-state index contributed by atoms with van der Waals surface area (Å²) in [6.07, 6.45) is 63.1. The molecule has 0 aromatic rings. The lowest BCUT2D eigenvalue weighted by Gasteiger charge is -2.18. The highest BCUT2D eigenvalue weighted by Crippen LogP contribution is 2.17. The molecule has 0 radical (unpaired) electrons. The van der Waals surface area contributed by atoms with Crippen molar-refractivity contribution in [3.63, 3.8) is 0 Å². The summed E-state index contributed by atoms with van der Waals surface area (Å²) in [7, 11) is 0. The van der Waals surface area contributed by atoms with E-state index in [1.54, 1.807) is 0 Å². The fraction of sp³-hybridized carbons (Fsp3) is 0.881. The lowest BCUT2D eigenvalue weighted by atomic mass is 10.0. The number of unbranched alkanes of at least 4 members (excludes halogenated alkanes) is 38. The zero-order valence-corrected chi connectivity index (χ0v) is 43.8. The second kappa shape index (κ2) is 54.5. The molecule has 6 nitrogen and oxygen atoms in total. The zero-order chi connectivity index (χ0) is 47.2. The lowest BCUT2D eigenvalue weighted by molar-refractivity contribution is -0.167. The minimum atomic E-state index is -0.771. The van der Waals surface area contributed by atoms with Gasteiger partial charge in [-0.3, -0.25) is 14.4 Å². The van der Waals surface area contributed by atoms with Crippen LogP contribution in [0.25, 0.3) is 0 Å². The minimum absolute atomic E-state index is 0.0701. The van der Waals surface area contributed by atoms with Crippen molar-refractivity contribution in [3.8, 4) is 0 Å².